The topological polar surface area (TPSA) is 45.2 Å². The number of thiazole rings is 1. The molecular formula is C20H27N3OS. The lowest BCUT2D eigenvalue weighted by Gasteiger charge is -2.35. The molecule has 1 aromatic carbocycles. The molecule has 25 heavy (non-hydrogen) atoms. The standard InChI is InChI=1S/C20H27N3OS/c1-3-21-20-22-15(2)18(25-20)19(24)23-14-8-7-11-17(23)13-12-16-9-5-4-6-10-16/h4-6,9-10,17H,3,7-8,11-14H2,1-2H3,(H,21,22). The van der Waals surface area contributed by atoms with E-state index in [-0.39, 0.29) is 5.91 Å². The lowest BCUT2D eigenvalue weighted by atomic mass is 9.95. The molecule has 3 rings (SSSR count). The predicted octanol–water partition coefficient (Wildman–Crippen LogP) is 4.51. The number of nitrogens with zero attached hydrogens (tertiary/aromatic N) is 2. The van der Waals surface area contributed by atoms with Crippen molar-refractivity contribution in [1.29, 1.82) is 0 Å². The van der Waals surface area contributed by atoms with E-state index >= 15 is 0 Å². The molecule has 1 aliphatic heterocycles. The van der Waals surface area contributed by atoms with Gasteiger partial charge in [0, 0.05) is 19.1 Å². The van der Waals surface area contributed by atoms with E-state index in [1.165, 1.54) is 23.3 Å². The Morgan fingerprint density at radius 2 is 2.12 bits per heavy atom. The van der Waals surface area contributed by atoms with Crippen molar-refractivity contribution in [3.8, 4) is 0 Å². The number of rotatable bonds is 6. The maximum Gasteiger partial charge on any atom is 0.266 e. The molecule has 1 N–H and O–H groups in total. The van der Waals surface area contributed by atoms with E-state index in [1.54, 1.807) is 0 Å². The predicted molar refractivity (Wildman–Crippen MR) is 104 cm³/mol. The minimum Gasteiger partial charge on any atom is -0.362 e. The molecule has 0 bridgehead atoms. The van der Waals surface area contributed by atoms with Gasteiger partial charge >= 0.3 is 0 Å². The number of carbonyl (C=O) groups is 1. The molecule has 1 aliphatic rings. The lowest BCUT2D eigenvalue weighted by molar-refractivity contribution is 0.0606. The van der Waals surface area contributed by atoms with Crippen LogP contribution in [0.2, 0.25) is 0 Å². The van der Waals surface area contributed by atoms with Crippen LogP contribution in [0.1, 0.15) is 53.5 Å². The highest BCUT2D eigenvalue weighted by Gasteiger charge is 2.29. The highest BCUT2D eigenvalue weighted by molar-refractivity contribution is 7.17. The summed E-state index contributed by atoms with van der Waals surface area (Å²) in [6.07, 6.45) is 5.49. The third-order valence-electron chi connectivity index (χ3n) is 4.82. The molecule has 0 spiro atoms. The number of benzene rings is 1. The van der Waals surface area contributed by atoms with E-state index in [2.05, 4.69) is 45.5 Å². The number of carbonyl (C=O) groups excluding carboxylic acids is 1. The summed E-state index contributed by atoms with van der Waals surface area (Å²) >= 11 is 1.49. The normalized spacial score (nSPS) is 17.5. The number of anilines is 1. The summed E-state index contributed by atoms with van der Waals surface area (Å²) in [7, 11) is 0. The summed E-state index contributed by atoms with van der Waals surface area (Å²) < 4.78 is 0. The molecule has 0 saturated carbocycles. The van der Waals surface area contributed by atoms with Crippen LogP contribution >= 0.6 is 11.3 Å². The molecular weight excluding hydrogens is 330 g/mol. The number of amides is 1. The van der Waals surface area contributed by atoms with Crippen LogP contribution in [-0.4, -0.2) is 34.9 Å². The number of aromatic nitrogens is 1. The fourth-order valence-electron chi connectivity index (χ4n) is 3.50. The van der Waals surface area contributed by atoms with Crippen molar-refractivity contribution in [2.24, 2.45) is 0 Å². The van der Waals surface area contributed by atoms with Gasteiger partial charge in [-0.15, -0.1) is 0 Å². The maximum absolute atomic E-state index is 13.1. The van der Waals surface area contributed by atoms with Gasteiger partial charge in [0.25, 0.3) is 5.91 Å². The average Bonchev–Trinajstić information content (AvgIpc) is 3.01. The van der Waals surface area contributed by atoms with Crippen molar-refractivity contribution in [3.05, 3.63) is 46.5 Å². The van der Waals surface area contributed by atoms with Crippen molar-refractivity contribution in [2.45, 2.75) is 52.0 Å². The molecule has 134 valence electrons. The quantitative estimate of drug-likeness (QED) is 0.827. The van der Waals surface area contributed by atoms with Gasteiger partial charge in [0.05, 0.1) is 5.69 Å². The Labute approximate surface area is 154 Å². The van der Waals surface area contributed by atoms with Gasteiger partial charge in [0.15, 0.2) is 5.13 Å². The van der Waals surface area contributed by atoms with Gasteiger partial charge in [0.1, 0.15) is 4.88 Å². The number of likely N-dealkylation sites (tertiary alicyclic amines) is 1. The first-order chi connectivity index (χ1) is 12.2. The van der Waals surface area contributed by atoms with Crippen molar-refractivity contribution in [3.63, 3.8) is 0 Å². The fraction of sp³-hybridized carbons (Fsp3) is 0.500. The Hall–Kier alpha value is -1.88. The molecule has 1 amide bonds. The summed E-state index contributed by atoms with van der Waals surface area (Å²) in [5.74, 6) is 0.164. The second kappa shape index (κ2) is 8.48. The van der Waals surface area contributed by atoms with Gasteiger partial charge in [-0.3, -0.25) is 4.79 Å². The molecule has 1 atom stereocenters. The summed E-state index contributed by atoms with van der Waals surface area (Å²) in [6.45, 7) is 5.67. The van der Waals surface area contributed by atoms with Crippen molar-refractivity contribution in [2.75, 3.05) is 18.4 Å². The summed E-state index contributed by atoms with van der Waals surface area (Å²) in [5, 5.41) is 4.07. The maximum atomic E-state index is 13.1. The van der Waals surface area contributed by atoms with Gasteiger partial charge < -0.3 is 10.2 Å². The van der Waals surface area contributed by atoms with Crippen LogP contribution in [0.25, 0.3) is 0 Å². The third kappa shape index (κ3) is 4.40. The van der Waals surface area contributed by atoms with Crippen LogP contribution in [0.5, 0.6) is 0 Å². The Bertz CT molecular complexity index is 698. The Morgan fingerprint density at radius 3 is 2.88 bits per heavy atom. The summed E-state index contributed by atoms with van der Waals surface area (Å²) in [4.78, 5) is 20.5. The molecule has 4 nitrogen and oxygen atoms in total. The number of nitrogens with one attached hydrogen (secondary N) is 1. The van der Waals surface area contributed by atoms with Crippen LogP contribution in [0.15, 0.2) is 30.3 Å². The van der Waals surface area contributed by atoms with E-state index in [0.29, 0.717) is 6.04 Å². The molecule has 2 heterocycles. The second-order valence-electron chi connectivity index (χ2n) is 6.64. The van der Waals surface area contributed by atoms with Crippen LogP contribution in [0.4, 0.5) is 5.13 Å². The van der Waals surface area contributed by atoms with Crippen molar-refractivity contribution < 1.29 is 4.79 Å². The Morgan fingerprint density at radius 1 is 1.32 bits per heavy atom. The monoisotopic (exact) mass is 357 g/mol. The van der Waals surface area contributed by atoms with E-state index < -0.39 is 0 Å². The molecule has 1 fully saturated rings. The van der Waals surface area contributed by atoms with Gasteiger partial charge in [-0.05, 0) is 51.5 Å². The first-order valence-corrected chi connectivity index (χ1v) is 10.1. The molecule has 5 heteroatoms. The first-order valence-electron chi connectivity index (χ1n) is 9.25. The first kappa shape index (κ1) is 17.9. The van der Waals surface area contributed by atoms with Gasteiger partial charge in [-0.2, -0.15) is 0 Å². The van der Waals surface area contributed by atoms with Crippen LogP contribution in [-0.2, 0) is 6.42 Å². The number of aryl methyl sites for hydroxylation is 2. The zero-order valence-corrected chi connectivity index (χ0v) is 15.9. The minimum atomic E-state index is 0.164. The Kier molecular flexibility index (Phi) is 6.08. The van der Waals surface area contributed by atoms with Crippen LogP contribution < -0.4 is 5.32 Å². The van der Waals surface area contributed by atoms with Crippen LogP contribution in [0.3, 0.4) is 0 Å². The number of hydrogen-bond acceptors (Lipinski definition) is 4. The van der Waals surface area contributed by atoms with Crippen molar-refractivity contribution >= 4 is 22.4 Å². The van der Waals surface area contributed by atoms with E-state index in [4.69, 9.17) is 0 Å². The highest BCUT2D eigenvalue weighted by Crippen LogP contribution is 2.28. The SMILES string of the molecule is CCNc1nc(C)c(C(=O)N2CCCCC2CCc2ccccc2)s1. The number of hydrogen-bond donors (Lipinski definition) is 1. The van der Waals surface area contributed by atoms with Crippen LogP contribution in [0, 0.1) is 6.92 Å². The zero-order valence-electron chi connectivity index (χ0n) is 15.1. The average molecular weight is 358 g/mol. The highest BCUT2D eigenvalue weighted by atomic mass is 32.1. The minimum absolute atomic E-state index is 0.164. The molecule has 1 saturated heterocycles. The van der Waals surface area contributed by atoms with Gasteiger partial charge in [0.2, 0.25) is 0 Å². The van der Waals surface area contributed by atoms with Gasteiger partial charge in [-0.1, -0.05) is 41.7 Å². The smallest absolute Gasteiger partial charge is 0.266 e. The lowest BCUT2D eigenvalue weighted by Crippen LogP contribution is -2.43. The third-order valence-corrected chi connectivity index (χ3v) is 5.92. The van der Waals surface area contributed by atoms with E-state index in [9.17, 15) is 4.79 Å². The van der Waals surface area contributed by atoms with Crippen molar-refractivity contribution in [1.82, 2.24) is 9.88 Å². The second-order valence-corrected chi connectivity index (χ2v) is 7.64. The van der Waals surface area contributed by atoms with E-state index in [0.717, 1.165) is 54.5 Å². The molecule has 1 aromatic heterocycles. The largest absolute Gasteiger partial charge is 0.362 e. The summed E-state index contributed by atoms with van der Waals surface area (Å²) in [5.41, 5.74) is 2.20. The summed E-state index contributed by atoms with van der Waals surface area (Å²) in [6, 6.07) is 10.9. The Balaban J connectivity index is 1.70. The molecule has 1 unspecified atom stereocenters. The zero-order chi connectivity index (χ0) is 17.6. The fourth-order valence-corrected chi connectivity index (χ4v) is 4.49. The van der Waals surface area contributed by atoms with E-state index in [1.807, 2.05) is 13.8 Å². The molecule has 0 radical (unpaired) electrons. The molecule has 2 aromatic rings. The van der Waals surface area contributed by atoms with Gasteiger partial charge in [-0.25, -0.2) is 4.98 Å². The molecule has 0 aliphatic carbocycles. The number of piperidine rings is 1.